The second-order valence-electron chi connectivity index (χ2n) is 17.4. The maximum absolute atomic E-state index is 10.3. The molecule has 0 amide bonds. The fraction of sp³-hybridized carbons (Fsp3) is 0.0781. The molecule has 69 heavy (non-hydrogen) atoms. The van der Waals surface area contributed by atoms with Gasteiger partial charge in [-0.05, 0) is 159 Å². The van der Waals surface area contributed by atoms with Gasteiger partial charge in [0, 0.05) is 29.7 Å². The van der Waals surface area contributed by atoms with Gasteiger partial charge in [-0.1, -0.05) is 152 Å². The Morgan fingerprint density at radius 3 is 1.62 bits per heavy atom. The maximum Gasteiger partial charge on any atom is 0.191 e. The molecule has 7 aromatic carbocycles. The topological polar surface area (TPSA) is 66.8 Å². The zero-order valence-corrected chi connectivity index (χ0v) is 38.3. The lowest BCUT2D eigenvalue weighted by Gasteiger charge is -2.18. The first kappa shape index (κ1) is 43.8. The van der Waals surface area contributed by atoms with Crippen LogP contribution >= 0.6 is 0 Å². The van der Waals surface area contributed by atoms with Crippen molar-refractivity contribution in [1.82, 2.24) is 15.0 Å². The molecule has 0 unspecified atom stereocenters. The van der Waals surface area contributed by atoms with Crippen LogP contribution in [0.15, 0.2) is 219 Å². The third-order valence-corrected chi connectivity index (χ3v) is 12.8. The summed E-state index contributed by atoms with van der Waals surface area (Å²) in [5, 5.41) is 10.3. The minimum Gasteiger partial charge on any atom is -0.256 e. The fourth-order valence-electron chi connectivity index (χ4n) is 9.19. The van der Waals surface area contributed by atoms with Crippen LogP contribution in [-0.2, 0) is 25.7 Å². The molecule has 3 heterocycles. The lowest BCUT2D eigenvalue weighted by molar-refractivity contribution is 0.931. The first-order valence-electron chi connectivity index (χ1n) is 23.3. The number of aromatic nitrogens is 3. The average Bonchev–Trinajstić information content (AvgIpc) is 3.42. The van der Waals surface area contributed by atoms with Crippen molar-refractivity contribution < 1.29 is 0 Å². The monoisotopic (exact) mass is 885 g/mol. The van der Waals surface area contributed by atoms with Gasteiger partial charge in [-0.25, -0.2) is 4.85 Å². The standard InChI is InChI=1S/C64H47N5/c1-44-18-33-63(69-43-44)53-31-32-59(60(40-53)50-26-23-48(24-27-50)47-12-4-3-5-13-47)58-15-7-6-14-57(58)55-37-45(19-21-49-25-29-52(39-56(49)42-65)61-16-8-10-34-67-61)36-46(38-55)20-22-51-28-30-54(41-64(51)66-2)62-17-9-11-35-68-62/h3-18,23-41,43H,19-22H2,1H3. The Hall–Kier alpha value is -9.03. The number of nitrogens with zero attached hydrogens (tertiary/aromatic N) is 5. The molecule has 0 spiro atoms. The summed E-state index contributed by atoms with van der Waals surface area (Å²) in [6.07, 6.45) is 8.37. The van der Waals surface area contributed by atoms with Gasteiger partial charge in [0.15, 0.2) is 5.69 Å². The number of nitriles is 1. The molecule has 3 aromatic heterocycles. The molecule has 5 heteroatoms. The fourth-order valence-corrected chi connectivity index (χ4v) is 9.19. The third-order valence-electron chi connectivity index (χ3n) is 12.8. The van der Waals surface area contributed by atoms with Gasteiger partial charge in [-0.3, -0.25) is 15.0 Å². The normalized spacial score (nSPS) is 10.9. The first-order chi connectivity index (χ1) is 34.0. The van der Waals surface area contributed by atoms with Crippen molar-refractivity contribution >= 4 is 5.69 Å². The summed E-state index contributed by atoms with van der Waals surface area (Å²) in [7, 11) is 0. The highest BCUT2D eigenvalue weighted by molar-refractivity contribution is 5.94. The minimum absolute atomic E-state index is 0.645. The number of pyridine rings is 3. The Morgan fingerprint density at radius 2 is 0.971 bits per heavy atom. The molecular formula is C64H47N5. The molecule has 0 saturated carbocycles. The quantitative estimate of drug-likeness (QED) is 0.108. The van der Waals surface area contributed by atoms with Gasteiger partial charge in [0.2, 0.25) is 0 Å². The SMILES string of the molecule is [C-]#[N+]c1cc(-c2ccccn2)ccc1CCc1cc(CCc2ccc(-c3ccccn3)cc2C#N)cc(-c2ccccc2-c2ccc(-c3ccc(C)cn3)cc2-c2ccc(-c3ccccc3)cc2)c1. The van der Waals surface area contributed by atoms with E-state index in [-0.39, 0.29) is 0 Å². The van der Waals surface area contributed by atoms with E-state index in [1.807, 2.05) is 60.8 Å². The van der Waals surface area contributed by atoms with Crippen molar-refractivity contribution in [3.05, 3.63) is 264 Å². The number of aryl methyl sites for hydroxylation is 5. The van der Waals surface area contributed by atoms with Crippen LogP contribution in [0.25, 0.3) is 83.1 Å². The van der Waals surface area contributed by atoms with E-state index in [9.17, 15) is 5.26 Å². The summed E-state index contributed by atoms with van der Waals surface area (Å²) in [6.45, 7) is 10.2. The van der Waals surface area contributed by atoms with Gasteiger partial charge in [0.05, 0.1) is 35.3 Å². The molecular weight excluding hydrogens is 839 g/mol. The highest BCUT2D eigenvalue weighted by Crippen LogP contribution is 2.41. The zero-order valence-electron chi connectivity index (χ0n) is 38.3. The largest absolute Gasteiger partial charge is 0.256 e. The number of rotatable bonds is 13. The average molecular weight is 886 g/mol. The smallest absolute Gasteiger partial charge is 0.191 e. The van der Waals surface area contributed by atoms with Crippen LogP contribution in [-0.4, -0.2) is 15.0 Å². The molecule has 5 nitrogen and oxygen atoms in total. The summed E-state index contributed by atoms with van der Waals surface area (Å²) in [6, 6.07) is 72.3. The molecule has 0 atom stereocenters. The Bertz CT molecular complexity index is 3370. The van der Waals surface area contributed by atoms with Gasteiger partial charge in [-0.2, -0.15) is 5.26 Å². The van der Waals surface area contributed by atoms with Crippen LogP contribution in [0.1, 0.15) is 33.4 Å². The predicted molar refractivity (Wildman–Crippen MR) is 281 cm³/mol. The second-order valence-corrected chi connectivity index (χ2v) is 17.4. The molecule has 10 aromatic rings. The molecule has 0 saturated heterocycles. The summed E-state index contributed by atoms with van der Waals surface area (Å²) >= 11 is 0. The summed E-state index contributed by atoms with van der Waals surface area (Å²) in [4.78, 5) is 17.8. The molecule has 0 radical (unpaired) electrons. The van der Waals surface area contributed by atoms with E-state index in [0.717, 1.165) is 96.7 Å². The Morgan fingerprint density at radius 1 is 0.420 bits per heavy atom. The van der Waals surface area contributed by atoms with Crippen LogP contribution in [0.5, 0.6) is 0 Å². The van der Waals surface area contributed by atoms with E-state index < -0.39 is 0 Å². The lowest BCUT2D eigenvalue weighted by atomic mass is 9.86. The lowest BCUT2D eigenvalue weighted by Crippen LogP contribution is -1.99. The van der Waals surface area contributed by atoms with Crippen molar-refractivity contribution in [2.75, 3.05) is 0 Å². The van der Waals surface area contributed by atoms with E-state index >= 15 is 0 Å². The maximum atomic E-state index is 10.3. The van der Waals surface area contributed by atoms with E-state index in [2.05, 4.69) is 173 Å². The second kappa shape index (κ2) is 20.2. The van der Waals surface area contributed by atoms with Gasteiger partial charge in [0.1, 0.15) is 0 Å². The van der Waals surface area contributed by atoms with Gasteiger partial charge < -0.3 is 0 Å². The first-order valence-corrected chi connectivity index (χ1v) is 23.3. The Labute approximate surface area is 404 Å². The molecule has 0 aliphatic carbocycles. The van der Waals surface area contributed by atoms with Crippen LogP contribution in [0.3, 0.4) is 0 Å². The molecule has 0 aliphatic heterocycles. The third kappa shape index (κ3) is 9.91. The molecule has 10 rings (SSSR count). The van der Waals surface area contributed by atoms with Gasteiger partial charge in [0.25, 0.3) is 0 Å². The Kier molecular flexibility index (Phi) is 12.9. The molecule has 328 valence electrons. The zero-order chi connectivity index (χ0) is 46.9. The van der Waals surface area contributed by atoms with Gasteiger partial charge >= 0.3 is 0 Å². The predicted octanol–water partition coefficient (Wildman–Crippen LogP) is 15.8. The Balaban J connectivity index is 1.05. The van der Waals surface area contributed by atoms with Crippen molar-refractivity contribution in [2.24, 2.45) is 0 Å². The highest BCUT2D eigenvalue weighted by Gasteiger charge is 2.17. The molecule has 0 N–H and O–H groups in total. The van der Waals surface area contributed by atoms with E-state index in [1.165, 1.54) is 22.3 Å². The molecule has 0 bridgehead atoms. The summed E-state index contributed by atoms with van der Waals surface area (Å²) < 4.78 is 0. The van der Waals surface area contributed by atoms with E-state index in [1.54, 1.807) is 12.4 Å². The van der Waals surface area contributed by atoms with E-state index in [4.69, 9.17) is 11.6 Å². The van der Waals surface area contributed by atoms with E-state index in [0.29, 0.717) is 24.1 Å². The number of hydrogen-bond donors (Lipinski definition) is 0. The van der Waals surface area contributed by atoms with Crippen LogP contribution in [0.4, 0.5) is 5.69 Å². The minimum atomic E-state index is 0.645. The van der Waals surface area contributed by atoms with Crippen molar-refractivity contribution in [3.63, 3.8) is 0 Å². The van der Waals surface area contributed by atoms with Crippen molar-refractivity contribution in [2.45, 2.75) is 32.6 Å². The summed E-state index contributed by atoms with van der Waals surface area (Å²) in [5.74, 6) is 0. The van der Waals surface area contributed by atoms with Crippen molar-refractivity contribution in [3.8, 4) is 84.3 Å². The highest BCUT2D eigenvalue weighted by atomic mass is 14.7. The van der Waals surface area contributed by atoms with Crippen LogP contribution < -0.4 is 0 Å². The van der Waals surface area contributed by atoms with Crippen molar-refractivity contribution in [1.29, 1.82) is 5.26 Å². The van der Waals surface area contributed by atoms with Gasteiger partial charge in [-0.15, -0.1) is 0 Å². The number of benzene rings is 7. The van der Waals surface area contributed by atoms with Crippen LogP contribution in [0, 0.1) is 24.8 Å². The molecule has 0 aliphatic rings. The number of hydrogen-bond acceptors (Lipinski definition) is 4. The molecule has 0 fully saturated rings. The summed E-state index contributed by atoms with van der Waals surface area (Å²) in [5.41, 5.74) is 21.5. The van der Waals surface area contributed by atoms with Crippen LogP contribution in [0.2, 0.25) is 0 Å².